The van der Waals surface area contributed by atoms with Crippen LogP contribution in [0, 0.1) is 13.8 Å². The van der Waals surface area contributed by atoms with Crippen LogP contribution in [-0.4, -0.2) is 35.9 Å². The van der Waals surface area contributed by atoms with Crippen LogP contribution >= 0.6 is 34.7 Å². The standard InChI is InChI=1S/C24H27ClN2O2S2/c1-16-13-17(2)23-21(14-16)26-24(31-23)27(15-19-5-3-11-29-19)22(28)6-4-12-30-20-9-7-18(25)8-10-20/h7-10,13-14,19H,3-6,11-12,15H2,1-2H3. The summed E-state index contributed by atoms with van der Waals surface area (Å²) in [6.07, 6.45) is 3.47. The van der Waals surface area contributed by atoms with Gasteiger partial charge in [-0.15, -0.1) is 11.8 Å². The van der Waals surface area contributed by atoms with E-state index in [1.807, 2.05) is 29.2 Å². The second-order valence-corrected chi connectivity index (χ2v) is 10.6. The molecule has 1 aliphatic rings. The largest absolute Gasteiger partial charge is 0.376 e. The summed E-state index contributed by atoms with van der Waals surface area (Å²) in [5.74, 6) is 1.01. The number of carbonyl (C=O) groups is 1. The Morgan fingerprint density at radius 1 is 1.29 bits per heavy atom. The number of nitrogens with zero attached hydrogens (tertiary/aromatic N) is 2. The molecule has 31 heavy (non-hydrogen) atoms. The molecule has 1 amide bonds. The number of fused-ring (bicyclic) bond motifs is 1. The Balaban J connectivity index is 1.44. The van der Waals surface area contributed by atoms with Gasteiger partial charge in [0.05, 0.1) is 22.9 Å². The molecule has 4 rings (SSSR count). The average molecular weight is 475 g/mol. The van der Waals surface area contributed by atoms with Gasteiger partial charge in [-0.25, -0.2) is 4.98 Å². The molecule has 0 aliphatic carbocycles. The van der Waals surface area contributed by atoms with Crippen LogP contribution < -0.4 is 4.90 Å². The van der Waals surface area contributed by atoms with E-state index in [1.165, 1.54) is 16.0 Å². The first kappa shape index (κ1) is 22.6. The van der Waals surface area contributed by atoms with Crippen LogP contribution in [0.15, 0.2) is 41.3 Å². The zero-order valence-electron chi connectivity index (χ0n) is 17.9. The summed E-state index contributed by atoms with van der Waals surface area (Å²) < 4.78 is 6.99. The third-order valence-electron chi connectivity index (χ3n) is 5.37. The lowest BCUT2D eigenvalue weighted by Gasteiger charge is -2.23. The fourth-order valence-electron chi connectivity index (χ4n) is 3.84. The first-order chi connectivity index (χ1) is 15.0. The molecular formula is C24H27ClN2O2S2. The summed E-state index contributed by atoms with van der Waals surface area (Å²) in [6.45, 7) is 5.56. The Morgan fingerprint density at radius 2 is 2.10 bits per heavy atom. The fraction of sp³-hybridized carbons (Fsp3) is 0.417. The minimum absolute atomic E-state index is 0.0993. The van der Waals surface area contributed by atoms with Crippen LogP contribution in [0.4, 0.5) is 5.13 Å². The number of aryl methyl sites for hydroxylation is 2. The predicted molar refractivity (Wildman–Crippen MR) is 132 cm³/mol. The summed E-state index contributed by atoms with van der Waals surface area (Å²) in [5.41, 5.74) is 3.38. The zero-order valence-corrected chi connectivity index (χ0v) is 20.3. The van der Waals surface area contributed by atoms with E-state index in [2.05, 4.69) is 26.0 Å². The second-order valence-electron chi connectivity index (χ2n) is 7.97. The Morgan fingerprint density at radius 3 is 2.84 bits per heavy atom. The number of hydrogen-bond donors (Lipinski definition) is 0. The zero-order chi connectivity index (χ0) is 21.8. The molecule has 0 radical (unpaired) electrons. The van der Waals surface area contributed by atoms with Crippen molar-refractivity contribution in [3.8, 4) is 0 Å². The summed E-state index contributed by atoms with van der Waals surface area (Å²) in [5, 5.41) is 1.53. The van der Waals surface area contributed by atoms with Gasteiger partial charge in [0.25, 0.3) is 0 Å². The number of amides is 1. The van der Waals surface area contributed by atoms with Crippen molar-refractivity contribution < 1.29 is 9.53 Å². The van der Waals surface area contributed by atoms with Gasteiger partial charge in [0.2, 0.25) is 5.91 Å². The van der Waals surface area contributed by atoms with Gasteiger partial charge in [-0.1, -0.05) is 29.0 Å². The highest BCUT2D eigenvalue weighted by atomic mass is 35.5. The minimum atomic E-state index is 0.0993. The molecule has 1 unspecified atom stereocenters. The molecule has 3 aromatic rings. The number of ether oxygens (including phenoxy) is 1. The summed E-state index contributed by atoms with van der Waals surface area (Å²) in [6, 6.07) is 12.1. The lowest BCUT2D eigenvalue weighted by Crippen LogP contribution is -2.37. The van der Waals surface area contributed by atoms with E-state index in [4.69, 9.17) is 21.3 Å². The lowest BCUT2D eigenvalue weighted by atomic mass is 10.1. The number of thioether (sulfide) groups is 1. The number of anilines is 1. The number of hydrogen-bond acceptors (Lipinski definition) is 5. The third kappa shape index (κ3) is 5.80. The van der Waals surface area contributed by atoms with Crippen molar-refractivity contribution in [2.45, 2.75) is 50.5 Å². The first-order valence-electron chi connectivity index (χ1n) is 10.7. The van der Waals surface area contributed by atoms with Crippen molar-refractivity contribution in [1.29, 1.82) is 0 Å². The van der Waals surface area contributed by atoms with Gasteiger partial charge in [-0.2, -0.15) is 0 Å². The molecule has 0 spiro atoms. The van der Waals surface area contributed by atoms with Gasteiger partial charge in [-0.3, -0.25) is 9.69 Å². The predicted octanol–water partition coefficient (Wildman–Crippen LogP) is 6.65. The Kier molecular flexibility index (Phi) is 7.54. The quantitative estimate of drug-likeness (QED) is 0.270. The molecule has 2 aromatic carbocycles. The average Bonchev–Trinajstić information content (AvgIpc) is 3.40. The van der Waals surface area contributed by atoms with Crippen molar-refractivity contribution in [2.24, 2.45) is 0 Å². The van der Waals surface area contributed by atoms with Crippen molar-refractivity contribution in [2.75, 3.05) is 23.8 Å². The number of aromatic nitrogens is 1. The monoisotopic (exact) mass is 474 g/mol. The van der Waals surface area contributed by atoms with Crippen LogP contribution in [0.2, 0.25) is 5.02 Å². The summed E-state index contributed by atoms with van der Waals surface area (Å²) >= 11 is 9.31. The normalized spacial score (nSPS) is 16.2. The number of rotatable bonds is 8. The maximum atomic E-state index is 13.2. The van der Waals surface area contributed by atoms with E-state index in [0.717, 1.165) is 52.0 Å². The highest BCUT2D eigenvalue weighted by Gasteiger charge is 2.26. The Bertz CT molecular complexity index is 1050. The number of halogens is 1. The lowest BCUT2D eigenvalue weighted by molar-refractivity contribution is -0.119. The van der Waals surface area contributed by atoms with Crippen LogP contribution in [0.1, 0.15) is 36.8 Å². The molecule has 0 saturated carbocycles. The third-order valence-corrected chi connectivity index (χ3v) is 7.95. The van der Waals surface area contributed by atoms with Crippen LogP contribution in [0.25, 0.3) is 10.2 Å². The minimum Gasteiger partial charge on any atom is -0.376 e. The van der Waals surface area contributed by atoms with E-state index in [-0.39, 0.29) is 12.0 Å². The van der Waals surface area contributed by atoms with Crippen LogP contribution in [-0.2, 0) is 9.53 Å². The molecule has 1 atom stereocenters. The highest BCUT2D eigenvalue weighted by molar-refractivity contribution is 7.99. The molecule has 1 aliphatic heterocycles. The summed E-state index contributed by atoms with van der Waals surface area (Å²) in [4.78, 5) is 21.1. The van der Waals surface area contributed by atoms with E-state index < -0.39 is 0 Å². The molecule has 1 saturated heterocycles. The topological polar surface area (TPSA) is 42.4 Å². The Labute approximate surface area is 196 Å². The van der Waals surface area contributed by atoms with E-state index in [9.17, 15) is 4.79 Å². The molecule has 0 N–H and O–H groups in total. The van der Waals surface area contributed by atoms with Crippen molar-refractivity contribution >= 4 is 56.0 Å². The molecule has 4 nitrogen and oxygen atoms in total. The number of benzene rings is 2. The van der Waals surface area contributed by atoms with Gasteiger partial charge < -0.3 is 4.74 Å². The van der Waals surface area contributed by atoms with Crippen LogP contribution in [0.5, 0.6) is 0 Å². The molecule has 2 heterocycles. The maximum Gasteiger partial charge on any atom is 0.228 e. The van der Waals surface area contributed by atoms with Crippen molar-refractivity contribution in [3.63, 3.8) is 0 Å². The highest BCUT2D eigenvalue weighted by Crippen LogP contribution is 2.33. The molecule has 1 fully saturated rings. The van der Waals surface area contributed by atoms with Gasteiger partial charge in [0.15, 0.2) is 5.13 Å². The number of thiazole rings is 1. The molecule has 7 heteroatoms. The maximum absolute atomic E-state index is 13.2. The van der Waals surface area contributed by atoms with Crippen molar-refractivity contribution in [1.82, 2.24) is 4.98 Å². The molecule has 1 aromatic heterocycles. The van der Waals surface area contributed by atoms with Gasteiger partial charge in [-0.05, 0) is 80.3 Å². The smallest absolute Gasteiger partial charge is 0.228 e. The molecule has 164 valence electrons. The Hall–Kier alpha value is -1.60. The second kappa shape index (κ2) is 10.3. The number of carbonyl (C=O) groups excluding carboxylic acids is 1. The molecular weight excluding hydrogens is 448 g/mol. The first-order valence-corrected chi connectivity index (χ1v) is 12.9. The van der Waals surface area contributed by atoms with E-state index >= 15 is 0 Å². The van der Waals surface area contributed by atoms with E-state index in [0.29, 0.717) is 13.0 Å². The van der Waals surface area contributed by atoms with Gasteiger partial charge in [0, 0.05) is 22.9 Å². The van der Waals surface area contributed by atoms with Gasteiger partial charge >= 0.3 is 0 Å². The summed E-state index contributed by atoms with van der Waals surface area (Å²) in [7, 11) is 0. The van der Waals surface area contributed by atoms with Crippen LogP contribution in [0.3, 0.4) is 0 Å². The molecule has 0 bridgehead atoms. The van der Waals surface area contributed by atoms with Gasteiger partial charge in [0.1, 0.15) is 0 Å². The fourth-order valence-corrected chi connectivity index (χ4v) is 5.86. The van der Waals surface area contributed by atoms with E-state index in [1.54, 1.807) is 23.1 Å². The van der Waals surface area contributed by atoms with Crippen molar-refractivity contribution in [3.05, 3.63) is 52.5 Å². The SMILES string of the molecule is Cc1cc(C)c2sc(N(CC3CCCO3)C(=O)CCCSc3ccc(Cl)cc3)nc2c1.